The molecule has 9 aromatic rings. The van der Waals surface area contributed by atoms with Crippen LogP contribution < -0.4 is 0 Å². The maximum atomic E-state index is 2.50. The Balaban J connectivity index is 1.49. The number of benzene rings is 7. The molecule has 0 unspecified atom stereocenters. The number of rotatable bonds is 3. The minimum Gasteiger partial charge on any atom is -0.309 e. The average molecular weight is 549 g/mol. The minimum absolute atomic E-state index is 1.17. The minimum atomic E-state index is 1.17. The van der Waals surface area contributed by atoms with Crippen LogP contribution in [-0.2, 0) is 0 Å². The standard InChI is InChI=1S/C41H28N2/c1-27-20-21-35-39(24-27)42(30-15-6-3-7-16-30)38-23-22-34-33-18-10-11-19-37(33)43(41(34)40(35)38)31-25-29-14-8-9-17-32(29)36(26-31)28-12-4-2-5-13-28/h2-26H,1H3. The first-order valence-corrected chi connectivity index (χ1v) is 14.9. The van der Waals surface area contributed by atoms with Crippen LogP contribution in [-0.4, -0.2) is 9.13 Å². The summed E-state index contributed by atoms with van der Waals surface area (Å²) in [6.45, 7) is 2.18. The van der Waals surface area contributed by atoms with Crippen LogP contribution in [0.4, 0.5) is 0 Å². The first-order valence-electron chi connectivity index (χ1n) is 14.9. The lowest BCUT2D eigenvalue weighted by molar-refractivity contribution is 1.17. The van der Waals surface area contributed by atoms with Crippen LogP contribution in [0.25, 0.3) is 76.9 Å². The second-order valence-electron chi connectivity index (χ2n) is 11.5. The second-order valence-corrected chi connectivity index (χ2v) is 11.5. The Hall–Kier alpha value is -5.60. The van der Waals surface area contributed by atoms with Crippen molar-refractivity contribution in [3.8, 4) is 22.5 Å². The van der Waals surface area contributed by atoms with Crippen LogP contribution in [0, 0.1) is 6.92 Å². The van der Waals surface area contributed by atoms with Gasteiger partial charge in [0.15, 0.2) is 0 Å². The smallest absolute Gasteiger partial charge is 0.0641 e. The predicted octanol–water partition coefficient (Wildman–Crippen LogP) is 11.0. The third-order valence-corrected chi connectivity index (χ3v) is 8.92. The highest BCUT2D eigenvalue weighted by molar-refractivity contribution is 6.26. The maximum absolute atomic E-state index is 2.50. The van der Waals surface area contributed by atoms with Gasteiger partial charge in [-0.25, -0.2) is 0 Å². The number of aromatic nitrogens is 2. The molecule has 0 aliphatic heterocycles. The summed E-state index contributed by atoms with van der Waals surface area (Å²) in [7, 11) is 0. The number of aryl methyl sites for hydroxylation is 1. The monoisotopic (exact) mass is 548 g/mol. The molecule has 0 radical (unpaired) electrons. The third-order valence-electron chi connectivity index (χ3n) is 8.92. The zero-order valence-electron chi connectivity index (χ0n) is 23.8. The van der Waals surface area contributed by atoms with Crippen LogP contribution >= 0.6 is 0 Å². The van der Waals surface area contributed by atoms with E-state index in [1.54, 1.807) is 0 Å². The maximum Gasteiger partial charge on any atom is 0.0641 e. The summed E-state index contributed by atoms with van der Waals surface area (Å²) in [5, 5.41) is 7.58. The molecule has 9 rings (SSSR count). The summed E-state index contributed by atoms with van der Waals surface area (Å²) in [5.74, 6) is 0. The summed E-state index contributed by atoms with van der Waals surface area (Å²) in [6, 6.07) is 55.3. The first-order chi connectivity index (χ1) is 21.3. The van der Waals surface area contributed by atoms with Crippen molar-refractivity contribution >= 4 is 54.4 Å². The summed E-state index contributed by atoms with van der Waals surface area (Å²) < 4.78 is 4.93. The first kappa shape index (κ1) is 24.0. The van der Waals surface area contributed by atoms with Crippen LogP contribution in [0.5, 0.6) is 0 Å². The van der Waals surface area contributed by atoms with Crippen molar-refractivity contribution in [1.82, 2.24) is 9.13 Å². The zero-order chi connectivity index (χ0) is 28.5. The van der Waals surface area contributed by atoms with Gasteiger partial charge in [-0.15, -0.1) is 0 Å². The van der Waals surface area contributed by atoms with Crippen LogP contribution in [0.1, 0.15) is 5.56 Å². The number of fused-ring (bicyclic) bond motifs is 8. The van der Waals surface area contributed by atoms with E-state index in [9.17, 15) is 0 Å². The van der Waals surface area contributed by atoms with Gasteiger partial charge in [-0.2, -0.15) is 0 Å². The molecule has 0 fully saturated rings. The molecule has 202 valence electrons. The van der Waals surface area contributed by atoms with Crippen molar-refractivity contribution in [3.63, 3.8) is 0 Å². The molecule has 7 aromatic carbocycles. The third kappa shape index (κ3) is 3.53. The van der Waals surface area contributed by atoms with Gasteiger partial charge in [0.1, 0.15) is 0 Å². The average Bonchev–Trinajstić information content (AvgIpc) is 3.57. The fraction of sp³-hybridized carbons (Fsp3) is 0.0244. The normalized spacial score (nSPS) is 11.8. The van der Waals surface area contributed by atoms with E-state index in [0.29, 0.717) is 0 Å². The van der Waals surface area contributed by atoms with Crippen molar-refractivity contribution in [3.05, 3.63) is 157 Å². The molecule has 2 aromatic heterocycles. The van der Waals surface area contributed by atoms with E-state index in [4.69, 9.17) is 0 Å². The number of hydrogen-bond donors (Lipinski definition) is 0. The number of nitrogens with zero attached hydrogens (tertiary/aromatic N) is 2. The Morgan fingerprint density at radius 2 is 1.12 bits per heavy atom. The van der Waals surface area contributed by atoms with Gasteiger partial charge in [0.25, 0.3) is 0 Å². The van der Waals surface area contributed by atoms with E-state index >= 15 is 0 Å². The predicted molar refractivity (Wildman–Crippen MR) is 183 cm³/mol. The number of hydrogen-bond acceptors (Lipinski definition) is 0. The molecule has 0 amide bonds. The second kappa shape index (κ2) is 9.20. The lowest BCUT2D eigenvalue weighted by atomic mass is 9.97. The van der Waals surface area contributed by atoms with E-state index in [2.05, 4.69) is 168 Å². The van der Waals surface area contributed by atoms with Crippen molar-refractivity contribution < 1.29 is 0 Å². The SMILES string of the molecule is Cc1ccc2c3c(ccc4c5ccccc5n(-c5cc(-c6ccccc6)c6ccccc6c5)c43)n(-c3ccccc3)c2c1. The van der Waals surface area contributed by atoms with Gasteiger partial charge in [0.2, 0.25) is 0 Å². The molecule has 0 saturated carbocycles. The van der Waals surface area contributed by atoms with Crippen LogP contribution in [0.15, 0.2) is 152 Å². The Labute approximate surface area is 249 Å². The lowest BCUT2D eigenvalue weighted by Crippen LogP contribution is -1.96. The van der Waals surface area contributed by atoms with Gasteiger partial charge in [-0.3, -0.25) is 0 Å². The molecule has 0 spiro atoms. The Bertz CT molecular complexity index is 2500. The summed E-state index contributed by atoms with van der Waals surface area (Å²) in [6.07, 6.45) is 0. The molecule has 2 heterocycles. The largest absolute Gasteiger partial charge is 0.309 e. The van der Waals surface area contributed by atoms with Gasteiger partial charge in [0, 0.05) is 32.9 Å². The van der Waals surface area contributed by atoms with Gasteiger partial charge in [-0.1, -0.05) is 109 Å². The van der Waals surface area contributed by atoms with Gasteiger partial charge in [-0.05, 0) is 76.9 Å². The highest BCUT2D eigenvalue weighted by atomic mass is 15.0. The van der Waals surface area contributed by atoms with Gasteiger partial charge in [0.05, 0.1) is 22.1 Å². The van der Waals surface area contributed by atoms with E-state index in [1.165, 1.54) is 82.4 Å². The molecular formula is C41H28N2. The highest BCUT2D eigenvalue weighted by Gasteiger charge is 2.21. The summed E-state index contributed by atoms with van der Waals surface area (Å²) >= 11 is 0. The van der Waals surface area contributed by atoms with Crippen LogP contribution in [0.3, 0.4) is 0 Å². The van der Waals surface area contributed by atoms with Crippen LogP contribution in [0.2, 0.25) is 0 Å². The summed E-state index contributed by atoms with van der Waals surface area (Å²) in [4.78, 5) is 0. The Morgan fingerprint density at radius 3 is 1.95 bits per heavy atom. The molecule has 0 saturated heterocycles. The summed E-state index contributed by atoms with van der Waals surface area (Å²) in [5.41, 5.74) is 11.0. The molecule has 0 aliphatic rings. The Morgan fingerprint density at radius 1 is 0.419 bits per heavy atom. The Kier molecular flexibility index (Phi) is 5.15. The van der Waals surface area contributed by atoms with Crippen molar-refractivity contribution in [1.29, 1.82) is 0 Å². The lowest BCUT2D eigenvalue weighted by Gasteiger charge is -2.14. The molecular weight excluding hydrogens is 520 g/mol. The van der Waals surface area contributed by atoms with Gasteiger partial charge < -0.3 is 9.13 Å². The fourth-order valence-electron chi connectivity index (χ4n) is 7.07. The molecule has 0 aliphatic carbocycles. The molecule has 2 heteroatoms. The van der Waals surface area contributed by atoms with Gasteiger partial charge >= 0.3 is 0 Å². The fourth-order valence-corrected chi connectivity index (χ4v) is 7.07. The molecule has 0 atom stereocenters. The molecule has 2 nitrogen and oxygen atoms in total. The quantitative estimate of drug-likeness (QED) is 0.208. The zero-order valence-corrected chi connectivity index (χ0v) is 23.8. The van der Waals surface area contributed by atoms with E-state index in [-0.39, 0.29) is 0 Å². The molecule has 0 bridgehead atoms. The molecule has 43 heavy (non-hydrogen) atoms. The van der Waals surface area contributed by atoms with Crippen molar-refractivity contribution in [2.24, 2.45) is 0 Å². The van der Waals surface area contributed by atoms with E-state index in [1.807, 2.05) is 0 Å². The van der Waals surface area contributed by atoms with Crippen molar-refractivity contribution in [2.45, 2.75) is 6.92 Å². The highest BCUT2D eigenvalue weighted by Crippen LogP contribution is 2.43. The van der Waals surface area contributed by atoms with Crippen molar-refractivity contribution in [2.75, 3.05) is 0 Å². The van der Waals surface area contributed by atoms with E-state index in [0.717, 1.165) is 0 Å². The van der Waals surface area contributed by atoms with E-state index < -0.39 is 0 Å². The molecule has 0 N–H and O–H groups in total. The number of para-hydroxylation sites is 2. The topological polar surface area (TPSA) is 9.86 Å².